The highest BCUT2D eigenvalue weighted by Crippen LogP contribution is 2.39. The van der Waals surface area contributed by atoms with E-state index in [4.69, 9.17) is 22.2 Å². The summed E-state index contributed by atoms with van der Waals surface area (Å²) >= 11 is 7.19. The van der Waals surface area contributed by atoms with E-state index in [2.05, 4.69) is 62.8 Å². The van der Waals surface area contributed by atoms with Gasteiger partial charge in [0, 0.05) is 43.0 Å². The van der Waals surface area contributed by atoms with Crippen LogP contribution in [-0.4, -0.2) is 44.2 Å². The highest BCUT2D eigenvalue weighted by Gasteiger charge is 2.34. The number of piperidine rings is 1. The standard InChI is InChI=1S/C28H35N7S2/c1-21-11-6-9-18-35(21)23-19-24(37-27-29-16-10-17-30-27)33-25(32-23)34-26(36)31-20-28(14-7-3-8-15-28)22-12-4-2-5-13-22/h2,4-5,10,12-13,16-17,19,21H,3,6-9,11,14-15,18,20H2,1H3,(H2,31,32,33,34,36)/t21-/m1/s1. The largest absolute Gasteiger partial charge is 0.361 e. The molecule has 3 heterocycles. The maximum atomic E-state index is 5.75. The molecule has 0 amide bonds. The van der Waals surface area contributed by atoms with E-state index < -0.39 is 0 Å². The lowest BCUT2D eigenvalue weighted by molar-refractivity contribution is 0.292. The van der Waals surface area contributed by atoms with Crippen molar-refractivity contribution in [3.8, 4) is 0 Å². The molecule has 5 rings (SSSR count). The molecule has 0 unspecified atom stereocenters. The first kappa shape index (κ1) is 25.9. The fraction of sp³-hybridized carbons (Fsp3) is 0.464. The molecule has 37 heavy (non-hydrogen) atoms. The van der Waals surface area contributed by atoms with Crippen molar-refractivity contribution in [2.45, 2.75) is 79.9 Å². The fourth-order valence-corrected chi connectivity index (χ4v) is 6.40. The first-order chi connectivity index (χ1) is 18.1. The second kappa shape index (κ2) is 12.2. The van der Waals surface area contributed by atoms with Gasteiger partial charge in [0.15, 0.2) is 10.3 Å². The van der Waals surface area contributed by atoms with Gasteiger partial charge in [-0.1, -0.05) is 49.6 Å². The zero-order chi connectivity index (χ0) is 25.5. The minimum atomic E-state index is 0.100. The van der Waals surface area contributed by atoms with Crippen LogP contribution >= 0.6 is 24.0 Å². The lowest BCUT2D eigenvalue weighted by atomic mass is 9.69. The number of nitrogens with one attached hydrogen (secondary N) is 2. The van der Waals surface area contributed by atoms with Gasteiger partial charge < -0.3 is 15.5 Å². The van der Waals surface area contributed by atoms with Crippen molar-refractivity contribution < 1.29 is 0 Å². The Morgan fingerprint density at radius 1 is 1.03 bits per heavy atom. The number of aromatic nitrogens is 4. The Morgan fingerprint density at radius 3 is 2.57 bits per heavy atom. The summed E-state index contributed by atoms with van der Waals surface area (Å²) in [5.74, 6) is 1.42. The van der Waals surface area contributed by atoms with Gasteiger partial charge in [0.25, 0.3) is 0 Å². The van der Waals surface area contributed by atoms with Crippen LogP contribution in [0.25, 0.3) is 0 Å². The van der Waals surface area contributed by atoms with Gasteiger partial charge in [-0.2, -0.15) is 4.98 Å². The van der Waals surface area contributed by atoms with Gasteiger partial charge in [-0.05, 0) is 74.6 Å². The van der Waals surface area contributed by atoms with Crippen molar-refractivity contribution in [1.29, 1.82) is 0 Å². The molecule has 2 aromatic heterocycles. The summed E-state index contributed by atoms with van der Waals surface area (Å²) in [7, 11) is 0. The number of nitrogens with zero attached hydrogens (tertiary/aromatic N) is 5. The molecule has 1 aliphatic heterocycles. The molecule has 1 saturated heterocycles. The average molecular weight is 534 g/mol. The summed E-state index contributed by atoms with van der Waals surface area (Å²) < 4.78 is 0. The number of hydrogen-bond acceptors (Lipinski definition) is 7. The van der Waals surface area contributed by atoms with Crippen LogP contribution in [0.5, 0.6) is 0 Å². The predicted molar refractivity (Wildman–Crippen MR) is 154 cm³/mol. The third-order valence-electron chi connectivity index (χ3n) is 7.53. The second-order valence-corrected chi connectivity index (χ2v) is 11.5. The molecule has 2 N–H and O–H groups in total. The monoisotopic (exact) mass is 533 g/mol. The molecule has 9 heteroatoms. The average Bonchev–Trinajstić information content (AvgIpc) is 2.94. The Morgan fingerprint density at radius 2 is 1.81 bits per heavy atom. The topological polar surface area (TPSA) is 78.9 Å². The van der Waals surface area contributed by atoms with Crippen molar-refractivity contribution in [2.75, 3.05) is 23.3 Å². The Labute approximate surface area is 229 Å². The Bertz CT molecular complexity index is 1170. The molecule has 7 nitrogen and oxygen atoms in total. The van der Waals surface area contributed by atoms with Crippen LogP contribution in [0, 0.1) is 0 Å². The SMILES string of the molecule is C[C@@H]1CCCCN1c1cc(Sc2ncccn2)nc(NC(=S)NCC2(c3ccccc3)CCCCC2)n1. The lowest BCUT2D eigenvalue weighted by Crippen LogP contribution is -2.43. The van der Waals surface area contributed by atoms with Gasteiger partial charge in [0.05, 0.1) is 0 Å². The Balaban J connectivity index is 1.33. The Hall–Kier alpha value is -2.78. The summed E-state index contributed by atoms with van der Waals surface area (Å²) in [4.78, 5) is 20.7. The maximum Gasteiger partial charge on any atom is 0.232 e. The molecule has 1 aliphatic carbocycles. The predicted octanol–water partition coefficient (Wildman–Crippen LogP) is 5.99. The summed E-state index contributed by atoms with van der Waals surface area (Å²) in [6, 6.07) is 15.2. The van der Waals surface area contributed by atoms with Crippen molar-refractivity contribution in [1.82, 2.24) is 25.3 Å². The van der Waals surface area contributed by atoms with Crippen molar-refractivity contribution in [3.63, 3.8) is 0 Å². The van der Waals surface area contributed by atoms with Gasteiger partial charge in [-0.3, -0.25) is 0 Å². The molecule has 2 aliphatic rings. The summed E-state index contributed by atoms with van der Waals surface area (Å²) in [6.07, 6.45) is 13.2. The van der Waals surface area contributed by atoms with E-state index in [0.29, 0.717) is 22.3 Å². The molecule has 1 atom stereocenters. The van der Waals surface area contributed by atoms with Gasteiger partial charge in [-0.15, -0.1) is 0 Å². The van der Waals surface area contributed by atoms with Crippen LogP contribution < -0.4 is 15.5 Å². The fourth-order valence-electron chi connectivity index (χ4n) is 5.52. The van der Waals surface area contributed by atoms with E-state index >= 15 is 0 Å². The molecule has 0 bridgehead atoms. The van der Waals surface area contributed by atoms with Crippen LogP contribution in [-0.2, 0) is 5.41 Å². The molecular formula is C28H35N7S2. The van der Waals surface area contributed by atoms with Gasteiger partial charge in [-0.25, -0.2) is 15.0 Å². The lowest BCUT2D eigenvalue weighted by Gasteiger charge is -2.38. The molecular weight excluding hydrogens is 498 g/mol. The smallest absolute Gasteiger partial charge is 0.232 e. The molecule has 0 spiro atoms. The van der Waals surface area contributed by atoms with E-state index in [0.717, 1.165) is 23.9 Å². The molecule has 194 valence electrons. The van der Waals surface area contributed by atoms with Gasteiger partial charge in [0.1, 0.15) is 10.8 Å². The van der Waals surface area contributed by atoms with E-state index in [9.17, 15) is 0 Å². The zero-order valence-corrected chi connectivity index (χ0v) is 23.0. The zero-order valence-electron chi connectivity index (χ0n) is 21.4. The van der Waals surface area contributed by atoms with Crippen LogP contribution in [0.1, 0.15) is 63.9 Å². The Kier molecular flexibility index (Phi) is 8.51. The van der Waals surface area contributed by atoms with E-state index in [-0.39, 0.29) is 5.41 Å². The summed E-state index contributed by atoms with van der Waals surface area (Å²) in [6.45, 7) is 4.05. The minimum Gasteiger partial charge on any atom is -0.361 e. The molecule has 0 radical (unpaired) electrons. The number of hydrogen-bond donors (Lipinski definition) is 2. The highest BCUT2D eigenvalue weighted by molar-refractivity contribution is 7.99. The number of thiocarbonyl (C=S) groups is 1. The second-order valence-electron chi connectivity index (χ2n) is 10.1. The van der Waals surface area contributed by atoms with Crippen LogP contribution in [0.3, 0.4) is 0 Å². The molecule has 2 fully saturated rings. The molecule has 1 aromatic carbocycles. The van der Waals surface area contributed by atoms with Crippen LogP contribution in [0.15, 0.2) is 65.0 Å². The third kappa shape index (κ3) is 6.57. The van der Waals surface area contributed by atoms with Crippen molar-refractivity contribution in [3.05, 3.63) is 60.4 Å². The van der Waals surface area contributed by atoms with E-state index in [1.807, 2.05) is 12.1 Å². The normalized spacial score (nSPS) is 19.3. The number of benzene rings is 1. The molecule has 3 aromatic rings. The summed E-state index contributed by atoms with van der Waals surface area (Å²) in [5, 5.41) is 8.81. The number of rotatable bonds is 7. The minimum absolute atomic E-state index is 0.100. The van der Waals surface area contributed by atoms with Crippen molar-refractivity contribution in [2.24, 2.45) is 0 Å². The number of anilines is 2. The van der Waals surface area contributed by atoms with E-state index in [1.165, 1.54) is 68.7 Å². The van der Waals surface area contributed by atoms with E-state index in [1.54, 1.807) is 12.4 Å². The first-order valence-electron chi connectivity index (χ1n) is 13.3. The highest BCUT2D eigenvalue weighted by atomic mass is 32.2. The quantitative estimate of drug-likeness (QED) is 0.216. The van der Waals surface area contributed by atoms with Crippen LogP contribution in [0.4, 0.5) is 11.8 Å². The third-order valence-corrected chi connectivity index (χ3v) is 8.59. The molecule has 1 saturated carbocycles. The van der Waals surface area contributed by atoms with Gasteiger partial charge >= 0.3 is 0 Å². The first-order valence-corrected chi connectivity index (χ1v) is 14.5. The van der Waals surface area contributed by atoms with Crippen molar-refractivity contribution >= 4 is 40.9 Å². The summed E-state index contributed by atoms with van der Waals surface area (Å²) in [5.41, 5.74) is 1.49. The van der Waals surface area contributed by atoms with Gasteiger partial charge in [0.2, 0.25) is 5.95 Å². The van der Waals surface area contributed by atoms with Crippen LogP contribution in [0.2, 0.25) is 0 Å². The maximum absolute atomic E-state index is 5.75.